The SMILES string of the molecule is Cc1ccccc1OCc1cc(F)ccc1C#N. The van der Waals surface area contributed by atoms with Crippen LogP contribution < -0.4 is 4.74 Å². The molecule has 0 aliphatic heterocycles. The predicted octanol–water partition coefficient (Wildman–Crippen LogP) is 3.58. The monoisotopic (exact) mass is 241 g/mol. The summed E-state index contributed by atoms with van der Waals surface area (Å²) >= 11 is 0. The summed E-state index contributed by atoms with van der Waals surface area (Å²) in [7, 11) is 0. The Hall–Kier alpha value is -2.34. The van der Waals surface area contributed by atoms with Crippen LogP contribution in [0.2, 0.25) is 0 Å². The molecule has 0 heterocycles. The van der Waals surface area contributed by atoms with Gasteiger partial charge in [-0.25, -0.2) is 4.39 Å². The quantitative estimate of drug-likeness (QED) is 0.822. The van der Waals surface area contributed by atoms with Gasteiger partial charge in [0, 0.05) is 5.56 Å². The molecule has 0 atom stereocenters. The fourth-order valence-electron chi connectivity index (χ4n) is 1.66. The van der Waals surface area contributed by atoms with E-state index in [0.717, 1.165) is 11.3 Å². The van der Waals surface area contributed by atoms with Gasteiger partial charge >= 0.3 is 0 Å². The second-order valence-electron chi connectivity index (χ2n) is 3.97. The Kier molecular flexibility index (Phi) is 3.59. The van der Waals surface area contributed by atoms with Crippen LogP contribution in [0.15, 0.2) is 42.5 Å². The van der Waals surface area contributed by atoms with E-state index >= 15 is 0 Å². The molecule has 2 rings (SSSR count). The Bertz CT molecular complexity index is 602. The number of rotatable bonds is 3. The third-order valence-electron chi connectivity index (χ3n) is 2.66. The number of aryl methyl sites for hydroxylation is 1. The molecule has 0 aromatic heterocycles. The Morgan fingerprint density at radius 2 is 2.00 bits per heavy atom. The third-order valence-corrected chi connectivity index (χ3v) is 2.66. The van der Waals surface area contributed by atoms with Crippen LogP contribution >= 0.6 is 0 Å². The standard InChI is InChI=1S/C15H12FNO/c1-11-4-2-3-5-15(11)18-10-13-8-14(16)7-6-12(13)9-17/h2-8H,10H2,1H3. The van der Waals surface area contributed by atoms with E-state index in [1.54, 1.807) is 0 Å². The van der Waals surface area contributed by atoms with Crippen molar-refractivity contribution in [1.29, 1.82) is 5.26 Å². The van der Waals surface area contributed by atoms with Crippen LogP contribution in [-0.4, -0.2) is 0 Å². The van der Waals surface area contributed by atoms with Gasteiger partial charge in [-0.2, -0.15) is 5.26 Å². The van der Waals surface area contributed by atoms with Crippen molar-refractivity contribution < 1.29 is 9.13 Å². The number of halogens is 1. The van der Waals surface area contributed by atoms with Gasteiger partial charge in [-0.15, -0.1) is 0 Å². The van der Waals surface area contributed by atoms with Gasteiger partial charge in [0.25, 0.3) is 0 Å². The Labute approximate surface area is 105 Å². The summed E-state index contributed by atoms with van der Waals surface area (Å²) in [5.41, 5.74) is 2.00. The zero-order chi connectivity index (χ0) is 13.0. The number of nitrogens with zero attached hydrogens (tertiary/aromatic N) is 1. The molecule has 0 N–H and O–H groups in total. The topological polar surface area (TPSA) is 33.0 Å². The number of benzene rings is 2. The summed E-state index contributed by atoms with van der Waals surface area (Å²) < 4.78 is 18.7. The van der Waals surface area contributed by atoms with Crippen molar-refractivity contribution in [3.63, 3.8) is 0 Å². The van der Waals surface area contributed by atoms with Gasteiger partial charge in [0.1, 0.15) is 18.2 Å². The molecule has 0 amide bonds. The van der Waals surface area contributed by atoms with E-state index in [9.17, 15) is 4.39 Å². The van der Waals surface area contributed by atoms with Crippen LogP contribution in [0.4, 0.5) is 4.39 Å². The molecule has 0 unspecified atom stereocenters. The van der Waals surface area contributed by atoms with Crippen molar-refractivity contribution in [2.45, 2.75) is 13.5 Å². The molecule has 0 radical (unpaired) electrons. The van der Waals surface area contributed by atoms with Crippen LogP contribution in [0.5, 0.6) is 5.75 Å². The van der Waals surface area contributed by atoms with E-state index in [1.807, 2.05) is 37.3 Å². The van der Waals surface area contributed by atoms with Gasteiger partial charge in [0.2, 0.25) is 0 Å². The van der Waals surface area contributed by atoms with Gasteiger partial charge in [-0.3, -0.25) is 0 Å². The highest BCUT2D eigenvalue weighted by atomic mass is 19.1. The first-order valence-electron chi connectivity index (χ1n) is 5.57. The minimum absolute atomic E-state index is 0.186. The third kappa shape index (κ3) is 2.67. The molecule has 3 heteroatoms. The van der Waals surface area contributed by atoms with E-state index < -0.39 is 0 Å². The maximum atomic E-state index is 13.1. The average Bonchev–Trinajstić information content (AvgIpc) is 2.38. The van der Waals surface area contributed by atoms with Gasteiger partial charge in [-0.1, -0.05) is 18.2 Å². The van der Waals surface area contributed by atoms with Crippen LogP contribution in [0.1, 0.15) is 16.7 Å². The molecule has 18 heavy (non-hydrogen) atoms. The van der Waals surface area contributed by atoms with Gasteiger partial charge in [0.05, 0.1) is 11.6 Å². The summed E-state index contributed by atoms with van der Waals surface area (Å²) in [5.74, 6) is 0.378. The van der Waals surface area contributed by atoms with E-state index in [1.165, 1.54) is 18.2 Å². The minimum Gasteiger partial charge on any atom is -0.489 e. The van der Waals surface area contributed by atoms with E-state index in [2.05, 4.69) is 0 Å². The lowest BCUT2D eigenvalue weighted by molar-refractivity contribution is 0.303. The van der Waals surface area contributed by atoms with Crippen molar-refractivity contribution in [2.24, 2.45) is 0 Å². The lowest BCUT2D eigenvalue weighted by atomic mass is 10.1. The second-order valence-corrected chi connectivity index (χ2v) is 3.97. The molecule has 0 aliphatic rings. The first kappa shape index (κ1) is 12.1. The highest BCUT2D eigenvalue weighted by Crippen LogP contribution is 2.19. The van der Waals surface area contributed by atoms with E-state index in [-0.39, 0.29) is 12.4 Å². The lowest BCUT2D eigenvalue weighted by Crippen LogP contribution is -2.00. The maximum Gasteiger partial charge on any atom is 0.123 e. The molecule has 0 bridgehead atoms. The predicted molar refractivity (Wildman–Crippen MR) is 66.6 cm³/mol. The van der Waals surface area contributed by atoms with E-state index in [4.69, 9.17) is 10.00 Å². The molecule has 2 aromatic carbocycles. The van der Waals surface area contributed by atoms with Crippen LogP contribution in [0.3, 0.4) is 0 Å². The fourth-order valence-corrected chi connectivity index (χ4v) is 1.66. The average molecular weight is 241 g/mol. The largest absolute Gasteiger partial charge is 0.489 e. The summed E-state index contributed by atoms with van der Waals surface area (Å²) in [6, 6.07) is 13.7. The van der Waals surface area contributed by atoms with Gasteiger partial charge in [0.15, 0.2) is 0 Å². The van der Waals surface area contributed by atoms with Crippen LogP contribution in [0.25, 0.3) is 0 Å². The molecule has 0 fully saturated rings. The number of nitriles is 1. The number of para-hydroxylation sites is 1. The molecule has 0 saturated carbocycles. The fraction of sp³-hybridized carbons (Fsp3) is 0.133. The van der Waals surface area contributed by atoms with Crippen molar-refractivity contribution in [3.05, 3.63) is 65.0 Å². The Morgan fingerprint density at radius 1 is 1.22 bits per heavy atom. The van der Waals surface area contributed by atoms with Crippen molar-refractivity contribution in [2.75, 3.05) is 0 Å². The molecule has 2 aromatic rings. The number of ether oxygens (including phenoxy) is 1. The molecule has 2 nitrogen and oxygen atoms in total. The first-order valence-corrected chi connectivity index (χ1v) is 5.57. The zero-order valence-electron chi connectivity index (χ0n) is 9.98. The molecular weight excluding hydrogens is 229 g/mol. The van der Waals surface area contributed by atoms with Crippen molar-refractivity contribution in [1.82, 2.24) is 0 Å². The minimum atomic E-state index is -0.364. The Balaban J connectivity index is 2.18. The normalized spacial score (nSPS) is 9.83. The first-order chi connectivity index (χ1) is 8.70. The molecule has 0 aliphatic carbocycles. The van der Waals surface area contributed by atoms with Crippen molar-refractivity contribution >= 4 is 0 Å². The zero-order valence-corrected chi connectivity index (χ0v) is 9.98. The Morgan fingerprint density at radius 3 is 2.72 bits per heavy atom. The number of hydrogen-bond donors (Lipinski definition) is 0. The highest BCUT2D eigenvalue weighted by Gasteiger charge is 2.05. The van der Waals surface area contributed by atoms with Crippen molar-refractivity contribution in [3.8, 4) is 11.8 Å². The van der Waals surface area contributed by atoms with Crippen LogP contribution in [0, 0.1) is 24.1 Å². The maximum absolute atomic E-state index is 13.1. The smallest absolute Gasteiger partial charge is 0.123 e. The molecular formula is C15H12FNO. The lowest BCUT2D eigenvalue weighted by Gasteiger charge is -2.09. The second kappa shape index (κ2) is 5.33. The summed E-state index contributed by atoms with van der Waals surface area (Å²) in [6.07, 6.45) is 0. The molecule has 0 saturated heterocycles. The summed E-state index contributed by atoms with van der Waals surface area (Å²) in [4.78, 5) is 0. The molecule has 0 spiro atoms. The summed E-state index contributed by atoms with van der Waals surface area (Å²) in [6.45, 7) is 2.12. The van der Waals surface area contributed by atoms with E-state index in [0.29, 0.717) is 11.1 Å². The van der Waals surface area contributed by atoms with Gasteiger partial charge in [-0.05, 0) is 36.8 Å². The number of hydrogen-bond acceptors (Lipinski definition) is 2. The highest BCUT2D eigenvalue weighted by molar-refractivity contribution is 5.38. The molecule has 90 valence electrons. The van der Waals surface area contributed by atoms with Crippen LogP contribution in [-0.2, 0) is 6.61 Å². The van der Waals surface area contributed by atoms with Gasteiger partial charge < -0.3 is 4.74 Å². The summed E-state index contributed by atoms with van der Waals surface area (Å²) in [5, 5.41) is 8.93.